The molecule has 1 aromatic carbocycles. The third kappa shape index (κ3) is 4.85. The molecule has 33 heavy (non-hydrogen) atoms. The lowest BCUT2D eigenvalue weighted by Crippen LogP contribution is -2.42. The van der Waals surface area contributed by atoms with Gasteiger partial charge in [-0.15, -0.1) is 6.58 Å². The van der Waals surface area contributed by atoms with Crippen molar-refractivity contribution in [3.8, 4) is 5.75 Å². The summed E-state index contributed by atoms with van der Waals surface area (Å²) in [6.07, 6.45) is 4.80. The molecule has 1 saturated heterocycles. The molecule has 1 aliphatic rings. The standard InChI is InChI=1S/C23H27N5O4S/c1-3-11-27-21(30)19-20(25-22(33-19)26-12-5-4-6-13-26)28(23(27)31)15-18(29)24-14-16-7-9-17(32-2)10-8-16/h3,7-10H,1,4-6,11-15H2,2H3,(H,24,29). The Kier molecular flexibility index (Phi) is 6.93. The summed E-state index contributed by atoms with van der Waals surface area (Å²) in [5.74, 6) is 0.391. The number of aromatic nitrogens is 3. The maximum atomic E-state index is 13.1. The average Bonchev–Trinajstić information content (AvgIpc) is 3.30. The summed E-state index contributed by atoms with van der Waals surface area (Å²) in [4.78, 5) is 45.6. The van der Waals surface area contributed by atoms with Crippen LogP contribution in [0, 0.1) is 0 Å². The first-order valence-electron chi connectivity index (χ1n) is 10.9. The summed E-state index contributed by atoms with van der Waals surface area (Å²) >= 11 is 1.28. The molecule has 1 fully saturated rings. The van der Waals surface area contributed by atoms with Gasteiger partial charge >= 0.3 is 5.69 Å². The van der Waals surface area contributed by atoms with Crippen molar-refractivity contribution in [2.24, 2.45) is 0 Å². The van der Waals surface area contributed by atoms with Gasteiger partial charge in [-0.05, 0) is 37.0 Å². The van der Waals surface area contributed by atoms with Crippen molar-refractivity contribution in [1.82, 2.24) is 19.4 Å². The first-order chi connectivity index (χ1) is 16.0. The Balaban J connectivity index is 1.63. The number of benzene rings is 1. The number of hydrogen-bond acceptors (Lipinski definition) is 7. The van der Waals surface area contributed by atoms with E-state index in [2.05, 4.69) is 21.8 Å². The van der Waals surface area contributed by atoms with Crippen molar-refractivity contribution >= 4 is 32.7 Å². The van der Waals surface area contributed by atoms with Crippen molar-refractivity contribution in [2.45, 2.75) is 38.9 Å². The number of ether oxygens (including phenoxy) is 1. The van der Waals surface area contributed by atoms with Crippen LogP contribution in [-0.2, 0) is 24.4 Å². The normalized spacial score (nSPS) is 13.8. The zero-order valence-corrected chi connectivity index (χ0v) is 19.4. The minimum atomic E-state index is -0.567. The van der Waals surface area contributed by atoms with Gasteiger partial charge in [0.2, 0.25) is 5.91 Å². The van der Waals surface area contributed by atoms with Gasteiger partial charge in [-0.2, -0.15) is 0 Å². The molecular weight excluding hydrogens is 442 g/mol. The lowest BCUT2D eigenvalue weighted by molar-refractivity contribution is -0.121. The highest BCUT2D eigenvalue weighted by Crippen LogP contribution is 2.28. The molecule has 10 heteroatoms. The van der Waals surface area contributed by atoms with Gasteiger partial charge in [0.25, 0.3) is 5.56 Å². The van der Waals surface area contributed by atoms with E-state index in [0.29, 0.717) is 16.4 Å². The van der Waals surface area contributed by atoms with Crippen LogP contribution in [0.2, 0.25) is 0 Å². The molecule has 2 aromatic heterocycles. The molecule has 0 unspecified atom stereocenters. The highest BCUT2D eigenvalue weighted by atomic mass is 32.1. The van der Waals surface area contributed by atoms with Crippen LogP contribution in [0.5, 0.6) is 5.75 Å². The molecule has 0 atom stereocenters. The van der Waals surface area contributed by atoms with E-state index < -0.39 is 11.2 Å². The number of thiazole rings is 1. The Bertz CT molecular complexity index is 1270. The van der Waals surface area contributed by atoms with Crippen molar-refractivity contribution < 1.29 is 9.53 Å². The second kappa shape index (κ2) is 10.0. The second-order valence-electron chi connectivity index (χ2n) is 7.89. The van der Waals surface area contributed by atoms with Crippen LogP contribution in [0.15, 0.2) is 46.5 Å². The molecule has 1 amide bonds. The zero-order chi connectivity index (χ0) is 23.4. The first-order valence-corrected chi connectivity index (χ1v) is 11.7. The SMILES string of the molecule is C=CCn1c(=O)c2sc(N3CCCCC3)nc2n(CC(=O)NCc2ccc(OC)cc2)c1=O. The monoisotopic (exact) mass is 469 g/mol. The van der Waals surface area contributed by atoms with Crippen LogP contribution in [0.4, 0.5) is 5.13 Å². The maximum Gasteiger partial charge on any atom is 0.333 e. The Labute approximate surface area is 194 Å². The summed E-state index contributed by atoms with van der Waals surface area (Å²) in [6.45, 7) is 5.53. The third-order valence-corrected chi connectivity index (χ3v) is 6.74. The fraction of sp³-hybridized carbons (Fsp3) is 0.391. The number of piperidine rings is 1. The van der Waals surface area contributed by atoms with Crippen LogP contribution < -0.4 is 26.2 Å². The van der Waals surface area contributed by atoms with Crippen LogP contribution in [-0.4, -0.2) is 40.2 Å². The lowest BCUT2D eigenvalue weighted by atomic mass is 10.1. The van der Waals surface area contributed by atoms with Gasteiger partial charge in [-0.3, -0.25) is 18.7 Å². The number of rotatable bonds is 8. The largest absolute Gasteiger partial charge is 0.497 e. The van der Waals surface area contributed by atoms with Gasteiger partial charge in [0.05, 0.1) is 7.11 Å². The van der Waals surface area contributed by atoms with Crippen LogP contribution in [0.3, 0.4) is 0 Å². The summed E-state index contributed by atoms with van der Waals surface area (Å²) in [5, 5.41) is 3.54. The van der Waals surface area contributed by atoms with Crippen molar-refractivity contribution in [2.75, 3.05) is 25.1 Å². The number of allylic oxidation sites excluding steroid dienone is 1. The smallest absolute Gasteiger partial charge is 0.333 e. The minimum absolute atomic E-state index is 0.0675. The second-order valence-corrected chi connectivity index (χ2v) is 8.87. The van der Waals surface area contributed by atoms with Gasteiger partial charge in [-0.1, -0.05) is 29.5 Å². The molecule has 0 aliphatic carbocycles. The predicted octanol–water partition coefficient (Wildman–Crippen LogP) is 2.12. The zero-order valence-electron chi connectivity index (χ0n) is 18.6. The number of nitrogens with zero attached hydrogens (tertiary/aromatic N) is 4. The first kappa shape index (κ1) is 22.8. The van der Waals surface area contributed by atoms with E-state index in [9.17, 15) is 14.4 Å². The van der Waals surface area contributed by atoms with E-state index in [-0.39, 0.29) is 24.6 Å². The molecule has 0 spiro atoms. The number of fused-ring (bicyclic) bond motifs is 1. The molecule has 0 radical (unpaired) electrons. The predicted molar refractivity (Wildman–Crippen MR) is 129 cm³/mol. The quantitative estimate of drug-likeness (QED) is 0.508. The summed E-state index contributed by atoms with van der Waals surface area (Å²) in [7, 11) is 1.59. The van der Waals surface area contributed by atoms with Crippen molar-refractivity contribution in [1.29, 1.82) is 0 Å². The molecule has 3 heterocycles. The van der Waals surface area contributed by atoms with Crippen LogP contribution in [0.1, 0.15) is 24.8 Å². The molecule has 9 nitrogen and oxygen atoms in total. The number of methoxy groups -OCH3 is 1. The van der Waals surface area contributed by atoms with Gasteiger partial charge in [0.15, 0.2) is 10.8 Å². The highest BCUT2D eigenvalue weighted by Gasteiger charge is 2.22. The fourth-order valence-electron chi connectivity index (χ4n) is 3.87. The topological polar surface area (TPSA) is 98.5 Å². The lowest BCUT2D eigenvalue weighted by Gasteiger charge is -2.25. The van der Waals surface area contributed by atoms with Gasteiger partial charge in [0, 0.05) is 26.2 Å². The molecule has 174 valence electrons. The minimum Gasteiger partial charge on any atom is -0.497 e. The summed E-state index contributed by atoms with van der Waals surface area (Å²) < 4.78 is 7.91. The molecule has 4 rings (SSSR count). The molecule has 0 saturated carbocycles. The number of hydrogen-bond donors (Lipinski definition) is 1. The molecular formula is C23H27N5O4S. The fourth-order valence-corrected chi connectivity index (χ4v) is 4.94. The summed E-state index contributed by atoms with van der Waals surface area (Å²) in [5.41, 5.74) is 0.197. The van der Waals surface area contributed by atoms with Crippen LogP contribution in [0.25, 0.3) is 10.3 Å². The van der Waals surface area contributed by atoms with Crippen molar-refractivity contribution in [3.05, 3.63) is 63.3 Å². The number of carbonyl (C=O) groups is 1. The average molecular weight is 470 g/mol. The van der Waals surface area contributed by atoms with E-state index >= 15 is 0 Å². The highest BCUT2D eigenvalue weighted by molar-refractivity contribution is 7.22. The molecule has 3 aromatic rings. The third-order valence-electron chi connectivity index (χ3n) is 5.64. The molecule has 0 bridgehead atoms. The maximum absolute atomic E-state index is 13.1. The molecule has 1 aliphatic heterocycles. The Morgan fingerprint density at radius 1 is 1.18 bits per heavy atom. The van der Waals surface area contributed by atoms with E-state index in [1.54, 1.807) is 7.11 Å². The van der Waals surface area contributed by atoms with Gasteiger partial charge < -0.3 is 15.0 Å². The Morgan fingerprint density at radius 2 is 1.91 bits per heavy atom. The van der Waals surface area contributed by atoms with Gasteiger partial charge in [0.1, 0.15) is 17.0 Å². The van der Waals surface area contributed by atoms with Crippen LogP contribution >= 0.6 is 11.3 Å². The molecule has 1 N–H and O–H groups in total. The van der Waals surface area contributed by atoms with Gasteiger partial charge in [-0.25, -0.2) is 9.78 Å². The summed E-state index contributed by atoms with van der Waals surface area (Å²) in [6, 6.07) is 7.36. The van der Waals surface area contributed by atoms with E-state index in [1.165, 1.54) is 28.4 Å². The van der Waals surface area contributed by atoms with Crippen molar-refractivity contribution in [3.63, 3.8) is 0 Å². The van der Waals surface area contributed by atoms with E-state index in [1.807, 2.05) is 24.3 Å². The number of anilines is 1. The number of nitrogens with one attached hydrogen (secondary N) is 1. The Hall–Kier alpha value is -3.40. The van der Waals surface area contributed by atoms with E-state index in [0.717, 1.165) is 41.8 Å². The number of amides is 1. The Morgan fingerprint density at radius 3 is 2.58 bits per heavy atom. The number of carbonyl (C=O) groups excluding carboxylic acids is 1. The van der Waals surface area contributed by atoms with E-state index in [4.69, 9.17) is 4.74 Å².